The third-order valence-corrected chi connectivity index (χ3v) is 3.48. The van der Waals surface area contributed by atoms with Crippen LogP contribution in [0.25, 0.3) is 10.9 Å². The summed E-state index contributed by atoms with van der Waals surface area (Å²) in [5.41, 5.74) is 2.58. The molecular formula is C17H15N3O3. The number of fused-ring (bicyclic) bond motifs is 1. The fraction of sp³-hybridized carbons (Fsp3) is 0.118. The molecule has 0 saturated carbocycles. The molecule has 0 spiro atoms. The highest BCUT2D eigenvalue weighted by molar-refractivity contribution is 6.13. The number of rotatable bonds is 3. The van der Waals surface area contributed by atoms with E-state index in [1.54, 1.807) is 25.3 Å². The smallest absolute Gasteiger partial charge is 0.356 e. The summed E-state index contributed by atoms with van der Waals surface area (Å²) < 4.78 is 4.72. The zero-order valence-electron chi connectivity index (χ0n) is 12.7. The number of nitrogens with zero attached hydrogens (tertiary/aromatic N) is 1. The lowest BCUT2D eigenvalue weighted by Crippen LogP contribution is -2.15. The molecule has 1 amide bonds. The molecule has 0 bridgehead atoms. The summed E-state index contributed by atoms with van der Waals surface area (Å²) in [6.45, 7) is 1.80. The lowest BCUT2D eigenvalue weighted by molar-refractivity contribution is 0.0596. The van der Waals surface area contributed by atoms with Crippen LogP contribution in [0.15, 0.2) is 42.6 Å². The number of amides is 1. The molecule has 0 aliphatic carbocycles. The molecule has 0 aliphatic rings. The van der Waals surface area contributed by atoms with Crippen LogP contribution in [0.1, 0.15) is 26.5 Å². The van der Waals surface area contributed by atoms with E-state index in [9.17, 15) is 9.59 Å². The maximum absolute atomic E-state index is 12.6. The monoisotopic (exact) mass is 309 g/mol. The van der Waals surface area contributed by atoms with E-state index in [0.717, 1.165) is 16.6 Å². The average Bonchev–Trinajstić information content (AvgIpc) is 2.93. The van der Waals surface area contributed by atoms with Crippen molar-refractivity contribution >= 4 is 28.5 Å². The minimum Gasteiger partial charge on any atom is -0.464 e. The van der Waals surface area contributed by atoms with Crippen molar-refractivity contribution in [3.8, 4) is 0 Å². The van der Waals surface area contributed by atoms with Crippen molar-refractivity contribution in [2.75, 3.05) is 12.4 Å². The highest BCUT2D eigenvalue weighted by atomic mass is 16.5. The van der Waals surface area contributed by atoms with Crippen molar-refractivity contribution in [1.29, 1.82) is 0 Å². The number of benzene rings is 1. The molecule has 2 aromatic heterocycles. The van der Waals surface area contributed by atoms with Gasteiger partial charge in [-0.3, -0.25) is 9.78 Å². The summed E-state index contributed by atoms with van der Waals surface area (Å²) in [5, 5.41) is 3.51. The molecule has 0 saturated heterocycles. The highest BCUT2D eigenvalue weighted by Crippen LogP contribution is 2.21. The number of aryl methyl sites for hydroxylation is 1. The van der Waals surface area contributed by atoms with Crippen LogP contribution in [0.5, 0.6) is 0 Å². The topological polar surface area (TPSA) is 84.1 Å². The number of H-pyrrole nitrogens is 1. The Hall–Kier alpha value is -3.15. The van der Waals surface area contributed by atoms with Crippen LogP contribution in [0.3, 0.4) is 0 Å². The van der Waals surface area contributed by atoms with E-state index in [4.69, 9.17) is 4.74 Å². The third-order valence-electron chi connectivity index (χ3n) is 3.48. The predicted molar refractivity (Wildman–Crippen MR) is 86.6 cm³/mol. The number of ether oxygens (including phenoxy) is 1. The number of hydrogen-bond acceptors (Lipinski definition) is 4. The summed E-state index contributed by atoms with van der Waals surface area (Å²) in [7, 11) is 1.29. The quantitative estimate of drug-likeness (QED) is 0.729. The first-order valence-electron chi connectivity index (χ1n) is 7.03. The predicted octanol–water partition coefficient (Wildman–Crippen LogP) is 2.91. The van der Waals surface area contributed by atoms with Gasteiger partial charge in [-0.2, -0.15) is 0 Å². The van der Waals surface area contributed by atoms with E-state index < -0.39 is 5.97 Å². The van der Waals surface area contributed by atoms with Crippen molar-refractivity contribution in [1.82, 2.24) is 9.97 Å². The molecule has 6 nitrogen and oxygen atoms in total. The van der Waals surface area contributed by atoms with Crippen molar-refractivity contribution in [3.05, 3.63) is 59.5 Å². The van der Waals surface area contributed by atoms with Gasteiger partial charge in [-0.25, -0.2) is 4.79 Å². The first-order chi connectivity index (χ1) is 11.1. The molecule has 0 atom stereocenters. The first-order valence-corrected chi connectivity index (χ1v) is 7.03. The molecular weight excluding hydrogens is 294 g/mol. The molecule has 1 aromatic carbocycles. The summed E-state index contributed by atoms with van der Waals surface area (Å²) in [6, 6.07) is 10.7. The second-order valence-corrected chi connectivity index (χ2v) is 5.06. The van der Waals surface area contributed by atoms with Gasteiger partial charge < -0.3 is 15.0 Å². The molecule has 2 heterocycles. The highest BCUT2D eigenvalue weighted by Gasteiger charge is 2.18. The number of para-hydroxylation sites is 1. The molecule has 23 heavy (non-hydrogen) atoms. The maximum Gasteiger partial charge on any atom is 0.356 e. The molecule has 116 valence electrons. The van der Waals surface area contributed by atoms with E-state index in [-0.39, 0.29) is 11.6 Å². The summed E-state index contributed by atoms with van der Waals surface area (Å²) in [4.78, 5) is 31.5. The van der Waals surface area contributed by atoms with Crippen LogP contribution < -0.4 is 5.32 Å². The second-order valence-electron chi connectivity index (χ2n) is 5.06. The van der Waals surface area contributed by atoms with E-state index in [0.29, 0.717) is 11.3 Å². The van der Waals surface area contributed by atoms with Crippen LogP contribution in [0, 0.1) is 6.92 Å². The van der Waals surface area contributed by atoms with E-state index in [2.05, 4.69) is 15.3 Å². The van der Waals surface area contributed by atoms with Crippen LogP contribution >= 0.6 is 0 Å². The van der Waals surface area contributed by atoms with Crippen molar-refractivity contribution in [2.45, 2.75) is 6.92 Å². The number of nitrogens with one attached hydrogen (secondary N) is 2. The molecule has 3 aromatic rings. The van der Waals surface area contributed by atoms with Gasteiger partial charge in [-0.15, -0.1) is 0 Å². The number of aromatic amines is 1. The molecule has 6 heteroatoms. The zero-order chi connectivity index (χ0) is 16.4. The van der Waals surface area contributed by atoms with Crippen LogP contribution in [0.4, 0.5) is 5.69 Å². The van der Waals surface area contributed by atoms with E-state index in [1.165, 1.54) is 7.11 Å². The number of aromatic nitrogens is 2. The van der Waals surface area contributed by atoms with Gasteiger partial charge in [0.2, 0.25) is 0 Å². The van der Waals surface area contributed by atoms with Gasteiger partial charge in [0.1, 0.15) is 5.69 Å². The van der Waals surface area contributed by atoms with Gasteiger partial charge in [0.25, 0.3) is 5.91 Å². The third kappa shape index (κ3) is 2.78. The second kappa shape index (κ2) is 5.92. The van der Waals surface area contributed by atoms with Gasteiger partial charge in [0.05, 0.1) is 23.9 Å². The van der Waals surface area contributed by atoms with Gasteiger partial charge in [-0.1, -0.05) is 18.2 Å². The van der Waals surface area contributed by atoms with Crippen molar-refractivity contribution in [2.24, 2.45) is 0 Å². The number of esters is 1. The normalized spacial score (nSPS) is 10.5. The van der Waals surface area contributed by atoms with Gasteiger partial charge >= 0.3 is 5.97 Å². The minimum atomic E-state index is -0.534. The Kier molecular flexibility index (Phi) is 3.80. The Labute approximate surface area is 132 Å². The number of anilines is 1. The van der Waals surface area contributed by atoms with E-state index >= 15 is 0 Å². The number of methoxy groups -OCH3 is 1. The van der Waals surface area contributed by atoms with Crippen molar-refractivity contribution in [3.63, 3.8) is 0 Å². The number of pyridine rings is 1. The standard InChI is InChI=1S/C17H15N3O3/c1-10-9-14(15(19-10)17(22)23-2)20-16(21)12-7-8-18-13-6-4-3-5-11(12)13/h3-9,19H,1-2H3,(H,20,21). The Bertz CT molecular complexity index is 894. The fourth-order valence-corrected chi connectivity index (χ4v) is 2.43. The van der Waals surface area contributed by atoms with Gasteiger partial charge in [0, 0.05) is 17.3 Å². The molecule has 0 unspecified atom stereocenters. The van der Waals surface area contributed by atoms with Crippen LogP contribution in [0.2, 0.25) is 0 Å². The Morgan fingerprint density at radius 3 is 2.78 bits per heavy atom. The summed E-state index contributed by atoms with van der Waals surface area (Å²) in [6.07, 6.45) is 1.58. The largest absolute Gasteiger partial charge is 0.464 e. The molecule has 2 N–H and O–H groups in total. The number of carbonyl (C=O) groups is 2. The lowest BCUT2D eigenvalue weighted by Gasteiger charge is -2.08. The minimum absolute atomic E-state index is 0.219. The number of carbonyl (C=O) groups excluding carboxylic acids is 2. The van der Waals surface area contributed by atoms with Gasteiger partial charge in [-0.05, 0) is 25.1 Å². The molecule has 0 fully saturated rings. The summed E-state index contributed by atoms with van der Waals surface area (Å²) >= 11 is 0. The zero-order valence-corrected chi connectivity index (χ0v) is 12.7. The van der Waals surface area contributed by atoms with Crippen LogP contribution in [-0.4, -0.2) is 29.0 Å². The maximum atomic E-state index is 12.6. The fourth-order valence-electron chi connectivity index (χ4n) is 2.43. The molecule has 0 radical (unpaired) electrons. The lowest BCUT2D eigenvalue weighted by atomic mass is 10.1. The Morgan fingerprint density at radius 1 is 1.22 bits per heavy atom. The van der Waals surface area contributed by atoms with E-state index in [1.807, 2.05) is 24.3 Å². The summed E-state index contributed by atoms with van der Waals surface area (Å²) in [5.74, 6) is -0.847. The number of hydrogen-bond donors (Lipinski definition) is 2. The average molecular weight is 309 g/mol. The first kappa shape index (κ1) is 14.8. The molecule has 0 aliphatic heterocycles. The SMILES string of the molecule is COC(=O)c1[nH]c(C)cc1NC(=O)c1ccnc2ccccc12. The Balaban J connectivity index is 1.97. The Morgan fingerprint density at radius 2 is 2.00 bits per heavy atom. The van der Waals surface area contributed by atoms with Crippen LogP contribution in [-0.2, 0) is 4.74 Å². The molecule has 3 rings (SSSR count). The van der Waals surface area contributed by atoms with Gasteiger partial charge in [0.15, 0.2) is 0 Å². The van der Waals surface area contributed by atoms with Crippen molar-refractivity contribution < 1.29 is 14.3 Å².